The van der Waals surface area contributed by atoms with E-state index < -0.39 is 6.04 Å². The van der Waals surface area contributed by atoms with E-state index in [1.54, 1.807) is 4.90 Å². The van der Waals surface area contributed by atoms with Crippen molar-refractivity contribution in [3.63, 3.8) is 0 Å². The van der Waals surface area contributed by atoms with Gasteiger partial charge in [-0.25, -0.2) is 0 Å². The quantitative estimate of drug-likeness (QED) is 0.839. The lowest BCUT2D eigenvalue weighted by Crippen LogP contribution is -2.52. The molecule has 1 aromatic heterocycles. The highest BCUT2D eigenvalue weighted by atomic mass is 16.5. The second-order valence-electron chi connectivity index (χ2n) is 7.33. The highest BCUT2D eigenvalue weighted by Crippen LogP contribution is 2.22. The molecular formula is C18H28N4O3. The maximum absolute atomic E-state index is 12.9. The van der Waals surface area contributed by atoms with Crippen LogP contribution in [0.25, 0.3) is 0 Å². The van der Waals surface area contributed by atoms with Crippen molar-refractivity contribution in [1.82, 2.24) is 20.4 Å². The van der Waals surface area contributed by atoms with Gasteiger partial charge in [0.05, 0.1) is 13.2 Å². The fourth-order valence-electron chi connectivity index (χ4n) is 3.59. The molecule has 1 aromatic rings. The molecule has 1 unspecified atom stereocenters. The van der Waals surface area contributed by atoms with Crippen LogP contribution in [0.2, 0.25) is 0 Å². The predicted octanol–water partition coefficient (Wildman–Crippen LogP) is 1.29. The number of H-pyrrole nitrogens is 1. The van der Waals surface area contributed by atoms with E-state index >= 15 is 0 Å². The Balaban J connectivity index is 1.72. The summed E-state index contributed by atoms with van der Waals surface area (Å²) in [6.45, 7) is 6.40. The van der Waals surface area contributed by atoms with Crippen molar-refractivity contribution in [2.24, 2.45) is 5.92 Å². The summed E-state index contributed by atoms with van der Waals surface area (Å²) in [5.74, 6) is 0.0461. The van der Waals surface area contributed by atoms with Crippen LogP contribution in [0.4, 0.5) is 0 Å². The molecule has 0 bridgehead atoms. The van der Waals surface area contributed by atoms with Crippen LogP contribution in [0.5, 0.6) is 0 Å². The second-order valence-corrected chi connectivity index (χ2v) is 7.33. The molecule has 1 aliphatic heterocycles. The molecule has 1 fully saturated rings. The van der Waals surface area contributed by atoms with Gasteiger partial charge < -0.3 is 15.0 Å². The first kappa shape index (κ1) is 17.9. The average molecular weight is 348 g/mol. The Hall–Kier alpha value is -1.89. The third-order valence-electron chi connectivity index (χ3n) is 4.90. The van der Waals surface area contributed by atoms with Crippen LogP contribution in [-0.2, 0) is 22.4 Å². The molecule has 0 spiro atoms. The zero-order chi connectivity index (χ0) is 17.8. The minimum atomic E-state index is -0.512. The molecule has 7 heteroatoms. The summed E-state index contributed by atoms with van der Waals surface area (Å²) in [6.07, 6.45) is 4.64. The molecule has 0 saturated carbocycles. The van der Waals surface area contributed by atoms with Crippen molar-refractivity contribution in [3.8, 4) is 0 Å². The topological polar surface area (TPSA) is 87.3 Å². The number of morpholine rings is 1. The highest BCUT2D eigenvalue weighted by Gasteiger charge is 2.30. The molecule has 2 heterocycles. The van der Waals surface area contributed by atoms with Gasteiger partial charge in [-0.05, 0) is 38.0 Å². The Labute approximate surface area is 148 Å². The maximum atomic E-state index is 12.9. The van der Waals surface area contributed by atoms with Crippen LogP contribution in [0.3, 0.4) is 0 Å². The summed E-state index contributed by atoms with van der Waals surface area (Å²) in [6, 6.07) is -0.512. The maximum Gasteiger partial charge on any atom is 0.272 e. The molecule has 0 aromatic carbocycles. The monoisotopic (exact) mass is 348 g/mol. The zero-order valence-electron chi connectivity index (χ0n) is 15.1. The molecule has 1 aliphatic carbocycles. The van der Waals surface area contributed by atoms with E-state index in [2.05, 4.69) is 29.4 Å². The van der Waals surface area contributed by atoms with Gasteiger partial charge in [0.2, 0.25) is 5.91 Å². The lowest BCUT2D eigenvalue weighted by molar-refractivity contribution is -0.137. The Morgan fingerprint density at radius 3 is 2.68 bits per heavy atom. The number of nitrogens with zero attached hydrogens (tertiary/aromatic N) is 2. The minimum Gasteiger partial charge on any atom is -0.378 e. The first-order chi connectivity index (χ1) is 12.1. The van der Waals surface area contributed by atoms with E-state index in [0.717, 1.165) is 36.9 Å². The predicted molar refractivity (Wildman–Crippen MR) is 93.3 cm³/mol. The smallest absolute Gasteiger partial charge is 0.272 e. The summed E-state index contributed by atoms with van der Waals surface area (Å²) < 4.78 is 5.32. The Morgan fingerprint density at radius 1 is 1.24 bits per heavy atom. The number of rotatable bonds is 5. The molecule has 7 nitrogen and oxygen atoms in total. The molecule has 2 aliphatic rings. The number of amides is 2. The van der Waals surface area contributed by atoms with Gasteiger partial charge in [0, 0.05) is 24.3 Å². The number of carbonyl (C=O) groups excluding carboxylic acids is 2. The standard InChI is InChI=1S/C18H28N4O3/c1-12(2)11-15(18(24)22-7-9-25-10-8-22)19-17(23)16-13-5-3-4-6-14(13)20-21-16/h12,15H,3-11H2,1-2H3,(H,19,23)(H,20,21). The fraction of sp³-hybridized carbons (Fsp3) is 0.722. The summed E-state index contributed by atoms with van der Waals surface area (Å²) >= 11 is 0. The molecule has 0 radical (unpaired) electrons. The van der Waals surface area contributed by atoms with Crippen LogP contribution in [0, 0.1) is 5.92 Å². The number of hydrogen-bond acceptors (Lipinski definition) is 4. The van der Waals surface area contributed by atoms with Gasteiger partial charge >= 0.3 is 0 Å². The number of aromatic nitrogens is 2. The normalized spacial score (nSPS) is 18.8. The Bertz CT molecular complexity index is 620. The van der Waals surface area contributed by atoms with Crippen molar-refractivity contribution < 1.29 is 14.3 Å². The largest absolute Gasteiger partial charge is 0.378 e. The molecule has 2 amide bonds. The van der Waals surface area contributed by atoms with Crippen molar-refractivity contribution in [3.05, 3.63) is 17.0 Å². The van der Waals surface area contributed by atoms with Crippen molar-refractivity contribution in [1.29, 1.82) is 0 Å². The number of fused-ring (bicyclic) bond motifs is 1. The van der Waals surface area contributed by atoms with E-state index in [9.17, 15) is 9.59 Å². The van der Waals surface area contributed by atoms with Crippen LogP contribution < -0.4 is 5.32 Å². The molecule has 1 atom stereocenters. The van der Waals surface area contributed by atoms with Crippen LogP contribution in [0.1, 0.15) is 54.9 Å². The lowest BCUT2D eigenvalue weighted by Gasteiger charge is -2.31. The van der Waals surface area contributed by atoms with Gasteiger partial charge in [-0.2, -0.15) is 5.10 Å². The number of nitrogens with one attached hydrogen (secondary N) is 2. The van der Waals surface area contributed by atoms with Crippen LogP contribution in [0.15, 0.2) is 0 Å². The van der Waals surface area contributed by atoms with Crippen molar-refractivity contribution in [2.45, 2.75) is 52.0 Å². The highest BCUT2D eigenvalue weighted by molar-refractivity contribution is 5.97. The summed E-state index contributed by atoms with van der Waals surface area (Å²) in [5.41, 5.74) is 2.54. The fourth-order valence-corrected chi connectivity index (χ4v) is 3.59. The van der Waals surface area contributed by atoms with Gasteiger partial charge in [-0.3, -0.25) is 14.7 Å². The minimum absolute atomic E-state index is 0.0187. The second kappa shape index (κ2) is 7.99. The first-order valence-electron chi connectivity index (χ1n) is 9.29. The van der Waals surface area contributed by atoms with E-state index in [4.69, 9.17) is 4.74 Å². The molecule has 25 heavy (non-hydrogen) atoms. The van der Waals surface area contributed by atoms with Crippen LogP contribution >= 0.6 is 0 Å². The molecule has 2 N–H and O–H groups in total. The zero-order valence-corrected chi connectivity index (χ0v) is 15.1. The summed E-state index contributed by atoms with van der Waals surface area (Å²) in [5, 5.41) is 10.2. The van der Waals surface area contributed by atoms with Crippen molar-refractivity contribution in [2.75, 3.05) is 26.3 Å². The van der Waals surface area contributed by atoms with E-state index in [1.165, 1.54) is 0 Å². The summed E-state index contributed by atoms with van der Waals surface area (Å²) in [7, 11) is 0. The van der Waals surface area contributed by atoms with Crippen LogP contribution in [-0.4, -0.2) is 59.3 Å². The number of aromatic amines is 1. The van der Waals surface area contributed by atoms with Gasteiger partial charge in [-0.15, -0.1) is 0 Å². The molecule has 3 rings (SSSR count). The van der Waals surface area contributed by atoms with E-state index in [0.29, 0.717) is 44.3 Å². The van der Waals surface area contributed by atoms with Gasteiger partial charge in [0.25, 0.3) is 5.91 Å². The average Bonchev–Trinajstić information content (AvgIpc) is 3.05. The lowest BCUT2D eigenvalue weighted by atomic mass is 9.95. The van der Waals surface area contributed by atoms with Crippen molar-refractivity contribution >= 4 is 11.8 Å². The van der Waals surface area contributed by atoms with E-state index in [-0.39, 0.29) is 11.8 Å². The summed E-state index contributed by atoms with van der Waals surface area (Å²) in [4.78, 5) is 27.4. The van der Waals surface area contributed by atoms with Gasteiger partial charge in [0.15, 0.2) is 5.69 Å². The molecule has 138 valence electrons. The third-order valence-corrected chi connectivity index (χ3v) is 4.90. The molecule has 1 saturated heterocycles. The first-order valence-corrected chi connectivity index (χ1v) is 9.29. The van der Waals surface area contributed by atoms with Gasteiger partial charge in [-0.1, -0.05) is 13.8 Å². The molecular weight excluding hydrogens is 320 g/mol. The Kier molecular flexibility index (Phi) is 5.73. The number of hydrogen-bond donors (Lipinski definition) is 2. The van der Waals surface area contributed by atoms with E-state index in [1.807, 2.05) is 0 Å². The SMILES string of the molecule is CC(C)CC(NC(=O)c1n[nH]c2c1CCCC2)C(=O)N1CCOCC1. The number of ether oxygens (including phenoxy) is 1. The van der Waals surface area contributed by atoms with Gasteiger partial charge in [0.1, 0.15) is 6.04 Å². The third kappa shape index (κ3) is 4.21. The Morgan fingerprint density at radius 2 is 1.96 bits per heavy atom. The number of carbonyl (C=O) groups is 2. The number of aryl methyl sites for hydroxylation is 1.